The first-order chi connectivity index (χ1) is 37.7. The summed E-state index contributed by atoms with van der Waals surface area (Å²) in [6.07, 6.45) is -6.04. The number of aliphatic hydroxyl groups is 3. The summed E-state index contributed by atoms with van der Waals surface area (Å²) >= 11 is 9.11. The van der Waals surface area contributed by atoms with E-state index in [0.29, 0.717) is 47.1 Å². The first kappa shape index (κ1) is 60.1. The van der Waals surface area contributed by atoms with Crippen molar-refractivity contribution in [3.63, 3.8) is 0 Å². The minimum atomic E-state index is -4.77. The fraction of sp³-hybridized carbons (Fsp3) is 0.276. The molecule has 3 N–H and O–H groups in total. The van der Waals surface area contributed by atoms with Crippen LogP contribution in [0, 0.1) is 5.82 Å². The van der Waals surface area contributed by atoms with E-state index in [-0.39, 0.29) is 98.8 Å². The Bertz CT molecular complexity index is 3060. The molecule has 6 aromatic carbocycles. The summed E-state index contributed by atoms with van der Waals surface area (Å²) in [6.45, 7) is -0.0253. The van der Waals surface area contributed by atoms with Gasteiger partial charge in [-0.1, -0.05) is 126 Å². The van der Waals surface area contributed by atoms with Crippen LogP contribution in [0.25, 0.3) is 0 Å². The van der Waals surface area contributed by atoms with Gasteiger partial charge in [0.1, 0.15) is 66.9 Å². The molecule has 0 saturated carbocycles. The Morgan fingerprint density at radius 1 is 0.468 bits per heavy atom. The molecular formula is C58H51ClF4O13S3. The van der Waals surface area contributed by atoms with Gasteiger partial charge in [0.2, 0.25) is 0 Å². The second kappa shape index (κ2) is 28.6. The molecule has 3 saturated heterocycles. The number of carbonyl (C=O) groups is 6. The van der Waals surface area contributed by atoms with E-state index in [2.05, 4.69) is 4.74 Å². The first-order valence-corrected chi connectivity index (χ1v) is 27.5. The molecule has 0 bridgehead atoms. The zero-order valence-electron chi connectivity index (χ0n) is 41.7. The summed E-state index contributed by atoms with van der Waals surface area (Å²) in [5.41, 5.74) is 4.12. The van der Waals surface area contributed by atoms with Gasteiger partial charge in [0.05, 0.1) is 35.0 Å². The van der Waals surface area contributed by atoms with Gasteiger partial charge in [-0.15, -0.1) is 13.2 Å². The molecule has 3 fully saturated rings. The van der Waals surface area contributed by atoms with Crippen molar-refractivity contribution in [3.8, 4) is 23.0 Å². The van der Waals surface area contributed by atoms with Crippen LogP contribution in [0.3, 0.4) is 0 Å². The summed E-state index contributed by atoms with van der Waals surface area (Å²) in [4.78, 5) is 68.9. The molecule has 79 heavy (non-hydrogen) atoms. The average molecular weight is 1160 g/mol. The van der Waals surface area contributed by atoms with Gasteiger partial charge in [0, 0.05) is 10.6 Å². The molecule has 6 aromatic rings. The van der Waals surface area contributed by atoms with E-state index in [9.17, 15) is 61.6 Å². The Kier molecular flexibility index (Phi) is 21.7. The molecule has 21 heteroatoms. The van der Waals surface area contributed by atoms with Crippen LogP contribution in [0.4, 0.5) is 17.6 Å². The van der Waals surface area contributed by atoms with Crippen molar-refractivity contribution in [2.75, 3.05) is 19.8 Å². The predicted octanol–water partition coefficient (Wildman–Crippen LogP) is 10.5. The molecule has 0 radical (unpaired) electrons. The molecule has 3 heterocycles. The molecule has 6 atom stereocenters. The Morgan fingerprint density at radius 3 is 1.13 bits per heavy atom. The Hall–Kier alpha value is -6.52. The number of benzene rings is 6. The molecule has 3 aliphatic rings. The number of halogens is 5. The standard InChI is InChI=1S/C20H17F3O5S.C19H17ClO4S.C19H17FO4S/c21-20(22,23)28-15-7-3-13(4-8-15)17(25)11-27-14-5-1-12(2-6-14)9-18-16(24)10-19(26)29-18;20-14-5-3-13(4-6-14)17(22)11-24-15-7-1-12(2-8-15)9-18-16(21)10-19(23)25-18;20-15-4-2-1-3-14(15)17(22)11-24-13-7-5-12(6-8-13)9-18-16(21)10-19(23)25-18/h1-8,17-18,25H,9-11H2;2*1-8,17-18,22H,9-11H2. The van der Waals surface area contributed by atoms with E-state index in [1.54, 1.807) is 84.9 Å². The number of hydrogen-bond donors (Lipinski definition) is 3. The number of rotatable bonds is 19. The third-order valence-electron chi connectivity index (χ3n) is 12.1. The number of aliphatic hydroxyl groups excluding tert-OH is 3. The van der Waals surface area contributed by atoms with Crippen molar-refractivity contribution in [1.82, 2.24) is 0 Å². The molecule has 414 valence electrons. The van der Waals surface area contributed by atoms with Crippen LogP contribution < -0.4 is 18.9 Å². The van der Waals surface area contributed by atoms with Crippen LogP contribution in [0.1, 0.15) is 71.0 Å². The molecule has 9 rings (SSSR count). The maximum absolute atomic E-state index is 13.6. The summed E-state index contributed by atoms with van der Waals surface area (Å²) < 4.78 is 70.5. The first-order valence-electron chi connectivity index (χ1n) is 24.4. The van der Waals surface area contributed by atoms with Crippen LogP contribution in [0.15, 0.2) is 146 Å². The Morgan fingerprint density at radius 2 is 0.797 bits per heavy atom. The third kappa shape index (κ3) is 19.1. The lowest BCUT2D eigenvalue weighted by atomic mass is 10.1. The second-order valence-corrected chi connectivity index (χ2v) is 22.3. The molecule has 3 aliphatic heterocycles. The van der Waals surface area contributed by atoms with Crippen molar-refractivity contribution in [2.24, 2.45) is 0 Å². The molecule has 13 nitrogen and oxygen atoms in total. The number of carbonyl (C=O) groups excluding carboxylic acids is 6. The largest absolute Gasteiger partial charge is 0.573 e. The minimum absolute atomic E-state index is 0.00131. The van der Waals surface area contributed by atoms with E-state index >= 15 is 0 Å². The number of Topliss-reactive ketones (excluding diaryl/α,β-unsaturated/α-hetero) is 3. The fourth-order valence-electron chi connectivity index (χ4n) is 7.97. The number of ketones is 3. The number of thioether (sulfide) groups is 3. The molecule has 0 aliphatic carbocycles. The van der Waals surface area contributed by atoms with E-state index in [0.717, 1.165) is 69.7 Å². The van der Waals surface area contributed by atoms with Gasteiger partial charge in [-0.25, -0.2) is 4.39 Å². The van der Waals surface area contributed by atoms with Crippen molar-refractivity contribution in [3.05, 3.63) is 190 Å². The lowest BCUT2D eigenvalue weighted by molar-refractivity contribution is -0.274. The highest BCUT2D eigenvalue weighted by Gasteiger charge is 2.34. The van der Waals surface area contributed by atoms with Gasteiger partial charge < -0.3 is 34.3 Å². The summed E-state index contributed by atoms with van der Waals surface area (Å²) in [5.74, 6) is 0.748. The number of ether oxygens (including phenoxy) is 4. The molecule has 0 amide bonds. The highest BCUT2D eigenvalue weighted by molar-refractivity contribution is 8.16. The van der Waals surface area contributed by atoms with Crippen molar-refractivity contribution < 1.29 is 80.6 Å². The van der Waals surface area contributed by atoms with Gasteiger partial charge in [-0.3, -0.25) is 28.8 Å². The average Bonchev–Trinajstić information content (AvgIpc) is 4.04. The van der Waals surface area contributed by atoms with Crippen molar-refractivity contribution >= 4 is 79.6 Å². The maximum atomic E-state index is 13.6. The van der Waals surface area contributed by atoms with Crippen LogP contribution in [-0.2, 0) is 48.0 Å². The van der Waals surface area contributed by atoms with E-state index in [1.807, 2.05) is 24.3 Å². The SMILES string of the molecule is O=C1CC(=O)C(Cc2ccc(OCC(O)c3ccc(Cl)cc3)cc2)S1.O=C1CC(=O)C(Cc2ccc(OCC(O)c3ccc(OC(F)(F)F)cc3)cc2)S1.O=C1CC(=O)C(Cc2ccc(OCC(O)c3ccccc3F)cc2)S1. The van der Waals surface area contributed by atoms with E-state index < -0.39 is 30.5 Å². The van der Waals surface area contributed by atoms with Crippen LogP contribution in [-0.4, -0.2) is 89.9 Å². The van der Waals surface area contributed by atoms with Crippen molar-refractivity contribution in [2.45, 2.75) is 78.9 Å². The van der Waals surface area contributed by atoms with Gasteiger partial charge in [-0.2, -0.15) is 0 Å². The summed E-state index contributed by atoms with van der Waals surface area (Å²) in [6, 6.07) is 39.3. The highest BCUT2D eigenvalue weighted by atomic mass is 35.5. The van der Waals surface area contributed by atoms with E-state index in [1.165, 1.54) is 24.3 Å². The van der Waals surface area contributed by atoms with Crippen LogP contribution >= 0.6 is 46.9 Å². The summed E-state index contributed by atoms with van der Waals surface area (Å²) in [5, 5.41) is 29.8. The van der Waals surface area contributed by atoms with Crippen molar-refractivity contribution in [1.29, 1.82) is 0 Å². The lowest BCUT2D eigenvalue weighted by Gasteiger charge is -2.14. The van der Waals surface area contributed by atoms with Crippen LogP contribution in [0.5, 0.6) is 23.0 Å². The Balaban J connectivity index is 0.000000172. The summed E-state index contributed by atoms with van der Waals surface area (Å²) in [7, 11) is 0. The third-order valence-corrected chi connectivity index (χ3v) is 15.7. The van der Waals surface area contributed by atoms with Gasteiger partial charge in [0.25, 0.3) is 0 Å². The molecule has 0 aromatic heterocycles. The minimum Gasteiger partial charge on any atom is -0.491 e. The quantitative estimate of drug-likeness (QED) is 0.0510. The number of hydrogen-bond acceptors (Lipinski definition) is 16. The molecule has 6 unspecified atom stereocenters. The van der Waals surface area contributed by atoms with Gasteiger partial charge in [0.15, 0.2) is 32.7 Å². The predicted molar refractivity (Wildman–Crippen MR) is 291 cm³/mol. The zero-order valence-corrected chi connectivity index (χ0v) is 44.9. The lowest BCUT2D eigenvalue weighted by Crippen LogP contribution is -2.17. The zero-order chi connectivity index (χ0) is 56.6. The molecule has 0 spiro atoms. The fourth-order valence-corrected chi connectivity index (χ4v) is 11.2. The van der Waals surface area contributed by atoms with Gasteiger partial charge >= 0.3 is 6.36 Å². The monoisotopic (exact) mass is 1160 g/mol. The number of alkyl halides is 3. The van der Waals surface area contributed by atoms with Gasteiger partial charge in [-0.05, 0) is 114 Å². The normalized spacial score (nSPS) is 18.3. The second-order valence-electron chi connectivity index (χ2n) is 18.1. The highest BCUT2D eigenvalue weighted by Crippen LogP contribution is 2.32. The van der Waals surface area contributed by atoms with Crippen LogP contribution in [0.2, 0.25) is 5.02 Å². The smallest absolute Gasteiger partial charge is 0.491 e. The topological polar surface area (TPSA) is 200 Å². The molecular weight excluding hydrogens is 1110 g/mol. The van der Waals surface area contributed by atoms with E-state index in [4.69, 9.17) is 25.8 Å². The maximum Gasteiger partial charge on any atom is 0.573 e. The Labute approximate surface area is 469 Å².